The molecule has 1 saturated heterocycles. The average molecular weight is 480 g/mol. The van der Waals surface area contributed by atoms with Gasteiger partial charge in [-0.3, -0.25) is 9.69 Å². The summed E-state index contributed by atoms with van der Waals surface area (Å²) in [6, 6.07) is 8.35. The molecule has 0 amide bonds. The number of piperidine rings is 1. The number of aliphatic carboxylic acids is 1. The van der Waals surface area contributed by atoms with Gasteiger partial charge in [-0.1, -0.05) is 46.6 Å². The third-order valence-electron chi connectivity index (χ3n) is 6.33. The van der Waals surface area contributed by atoms with Gasteiger partial charge < -0.3 is 14.9 Å². The molecule has 1 aliphatic carbocycles. The lowest BCUT2D eigenvalue weighted by Gasteiger charge is -2.38. The van der Waals surface area contributed by atoms with E-state index in [1.807, 2.05) is 18.2 Å². The Morgan fingerprint density at radius 2 is 1.83 bits per heavy atom. The molecule has 2 aliphatic rings. The first kappa shape index (κ1) is 23.5. The minimum atomic E-state index is -0.759. The summed E-state index contributed by atoms with van der Waals surface area (Å²) in [5.41, 5.74) is 1.14. The Morgan fingerprint density at radius 1 is 1.13 bits per heavy atom. The van der Waals surface area contributed by atoms with Gasteiger partial charge in [0.25, 0.3) is 0 Å². The number of carboxylic acids is 1. The van der Waals surface area contributed by atoms with Crippen LogP contribution in [-0.4, -0.2) is 52.4 Å². The van der Waals surface area contributed by atoms with Gasteiger partial charge in [0.2, 0.25) is 0 Å². The maximum absolute atomic E-state index is 10.9. The smallest absolute Gasteiger partial charge is 0.303 e. The van der Waals surface area contributed by atoms with Gasteiger partial charge in [0.15, 0.2) is 0 Å². The number of rotatable bonds is 10. The number of allylic oxidation sites excluding steroid dienone is 2. The summed E-state index contributed by atoms with van der Waals surface area (Å²) in [4.78, 5) is 13.1. The van der Waals surface area contributed by atoms with E-state index >= 15 is 0 Å². The highest BCUT2D eigenvalue weighted by molar-refractivity contribution is 9.10. The van der Waals surface area contributed by atoms with Crippen molar-refractivity contribution >= 4 is 21.9 Å². The fourth-order valence-corrected chi connectivity index (χ4v) is 5.12. The number of hydrogen-bond donors (Lipinski definition) is 2. The molecule has 5 nitrogen and oxygen atoms in total. The van der Waals surface area contributed by atoms with E-state index in [2.05, 4.69) is 39.0 Å². The van der Waals surface area contributed by atoms with Crippen LogP contribution in [0.3, 0.4) is 0 Å². The van der Waals surface area contributed by atoms with Crippen LogP contribution in [0.5, 0.6) is 0 Å². The number of nitrogens with zero attached hydrogens (tertiary/aromatic N) is 1. The van der Waals surface area contributed by atoms with E-state index in [0.29, 0.717) is 19.4 Å². The van der Waals surface area contributed by atoms with E-state index in [-0.39, 0.29) is 30.6 Å². The maximum atomic E-state index is 10.9. The SMILES string of the molecule is O=C(O)CC/C=C\CC[C@@H]1[C@@H](N2CCCCC2)[C@@H](O)C[C@@H]1OCc1ccc(Br)cc1. The van der Waals surface area contributed by atoms with E-state index in [1.165, 1.54) is 19.3 Å². The lowest BCUT2D eigenvalue weighted by Crippen LogP contribution is -2.47. The summed E-state index contributed by atoms with van der Waals surface area (Å²) in [6.45, 7) is 2.68. The Hall–Kier alpha value is -1.21. The van der Waals surface area contributed by atoms with Gasteiger partial charge in [0.05, 0.1) is 18.8 Å². The maximum Gasteiger partial charge on any atom is 0.303 e. The number of aliphatic hydroxyl groups is 1. The molecule has 0 unspecified atom stereocenters. The van der Waals surface area contributed by atoms with Crippen molar-refractivity contribution in [1.29, 1.82) is 0 Å². The predicted molar refractivity (Wildman–Crippen MR) is 121 cm³/mol. The summed E-state index contributed by atoms with van der Waals surface area (Å²) < 4.78 is 7.39. The number of benzene rings is 1. The van der Waals surface area contributed by atoms with Gasteiger partial charge in [-0.25, -0.2) is 0 Å². The highest BCUT2D eigenvalue weighted by Crippen LogP contribution is 2.37. The molecule has 1 aliphatic heterocycles. The van der Waals surface area contributed by atoms with E-state index < -0.39 is 5.97 Å². The highest BCUT2D eigenvalue weighted by atomic mass is 79.9. The number of halogens is 1. The summed E-state index contributed by atoms with van der Waals surface area (Å²) in [7, 11) is 0. The molecular formula is C24H34BrNO4. The minimum absolute atomic E-state index is 0.0444. The van der Waals surface area contributed by atoms with Crippen LogP contribution in [-0.2, 0) is 16.1 Å². The molecule has 2 N–H and O–H groups in total. The van der Waals surface area contributed by atoms with Crippen LogP contribution in [0.4, 0.5) is 0 Å². The van der Waals surface area contributed by atoms with Crippen molar-refractivity contribution in [3.63, 3.8) is 0 Å². The Bertz CT molecular complexity index is 687. The molecule has 0 aromatic heterocycles. The van der Waals surface area contributed by atoms with Crippen molar-refractivity contribution in [3.05, 3.63) is 46.5 Å². The van der Waals surface area contributed by atoms with Gasteiger partial charge in [-0.05, 0) is 62.9 Å². The zero-order chi connectivity index (χ0) is 21.3. The second kappa shape index (κ2) is 12.0. The number of carbonyl (C=O) groups is 1. The first-order valence-corrected chi connectivity index (χ1v) is 12.0. The fraction of sp³-hybridized carbons (Fsp3) is 0.625. The quantitative estimate of drug-likeness (QED) is 0.472. The third kappa shape index (κ3) is 6.91. The van der Waals surface area contributed by atoms with Gasteiger partial charge >= 0.3 is 5.97 Å². The summed E-state index contributed by atoms with van der Waals surface area (Å²) >= 11 is 3.47. The van der Waals surface area contributed by atoms with Crippen molar-refractivity contribution in [1.82, 2.24) is 4.90 Å². The summed E-state index contributed by atoms with van der Waals surface area (Å²) in [5.74, 6) is -0.470. The van der Waals surface area contributed by atoms with E-state index in [9.17, 15) is 9.90 Å². The van der Waals surface area contributed by atoms with Crippen LogP contribution in [0.1, 0.15) is 56.9 Å². The molecule has 1 aromatic carbocycles. The van der Waals surface area contributed by atoms with Gasteiger partial charge in [0, 0.05) is 29.3 Å². The molecule has 1 aromatic rings. The van der Waals surface area contributed by atoms with Crippen LogP contribution in [0.25, 0.3) is 0 Å². The normalized spacial score (nSPS) is 27.7. The Balaban J connectivity index is 1.61. The van der Waals surface area contributed by atoms with Crippen molar-refractivity contribution in [2.75, 3.05) is 13.1 Å². The average Bonchev–Trinajstić information content (AvgIpc) is 3.05. The monoisotopic (exact) mass is 479 g/mol. The van der Waals surface area contributed by atoms with E-state index in [4.69, 9.17) is 9.84 Å². The Labute approximate surface area is 188 Å². The van der Waals surface area contributed by atoms with Gasteiger partial charge in [-0.2, -0.15) is 0 Å². The largest absolute Gasteiger partial charge is 0.481 e. The Morgan fingerprint density at radius 3 is 2.53 bits per heavy atom. The van der Waals surface area contributed by atoms with Crippen LogP contribution < -0.4 is 0 Å². The number of aliphatic hydroxyl groups excluding tert-OH is 1. The van der Waals surface area contributed by atoms with E-state index in [0.717, 1.165) is 36.0 Å². The molecule has 1 heterocycles. The molecule has 166 valence electrons. The molecule has 6 heteroatoms. The molecule has 30 heavy (non-hydrogen) atoms. The summed E-state index contributed by atoms with van der Waals surface area (Å²) in [6.07, 6.45) is 10.7. The van der Waals surface area contributed by atoms with Crippen LogP contribution >= 0.6 is 15.9 Å². The second-order valence-corrected chi connectivity index (χ2v) is 9.43. The first-order chi connectivity index (χ1) is 14.5. The molecule has 1 saturated carbocycles. The number of carboxylic acid groups (broad SMARTS) is 1. The van der Waals surface area contributed by atoms with Gasteiger partial charge in [-0.15, -0.1) is 0 Å². The van der Waals surface area contributed by atoms with Gasteiger partial charge in [0.1, 0.15) is 0 Å². The van der Waals surface area contributed by atoms with E-state index in [1.54, 1.807) is 0 Å². The van der Waals surface area contributed by atoms with Crippen LogP contribution in [0.2, 0.25) is 0 Å². The molecule has 0 radical (unpaired) electrons. The van der Waals surface area contributed by atoms with Crippen molar-refractivity contribution in [2.45, 2.75) is 76.2 Å². The molecule has 0 spiro atoms. The lowest BCUT2D eigenvalue weighted by atomic mass is 9.92. The van der Waals surface area contributed by atoms with Crippen molar-refractivity contribution in [3.8, 4) is 0 Å². The predicted octanol–water partition coefficient (Wildman–Crippen LogP) is 4.77. The Kier molecular flexibility index (Phi) is 9.37. The number of hydrogen-bond acceptors (Lipinski definition) is 4. The minimum Gasteiger partial charge on any atom is -0.481 e. The lowest BCUT2D eigenvalue weighted by molar-refractivity contribution is -0.136. The van der Waals surface area contributed by atoms with Crippen molar-refractivity contribution < 1.29 is 19.7 Å². The standard InChI is InChI=1S/C24H34BrNO4/c25-19-12-10-18(11-13-19)17-30-22-16-21(27)24(26-14-6-3-7-15-26)20(22)8-4-1-2-5-9-23(28)29/h1-2,10-13,20-22,24,27H,3-9,14-17H2,(H,28,29)/b2-1-/t20-,21-,22-,24+/m0/s1. The van der Waals surface area contributed by atoms with Crippen LogP contribution in [0.15, 0.2) is 40.9 Å². The zero-order valence-corrected chi connectivity index (χ0v) is 19.2. The summed E-state index contributed by atoms with van der Waals surface area (Å²) in [5, 5.41) is 19.7. The first-order valence-electron chi connectivity index (χ1n) is 11.2. The fourth-order valence-electron chi connectivity index (χ4n) is 4.85. The topological polar surface area (TPSA) is 70.0 Å². The number of likely N-dealkylation sites (tertiary alicyclic amines) is 1. The molecule has 0 bridgehead atoms. The number of ether oxygens (including phenoxy) is 1. The molecule has 3 rings (SSSR count). The molecular weight excluding hydrogens is 446 g/mol. The molecule has 2 fully saturated rings. The zero-order valence-electron chi connectivity index (χ0n) is 17.6. The third-order valence-corrected chi connectivity index (χ3v) is 6.86. The second-order valence-electron chi connectivity index (χ2n) is 8.51. The highest BCUT2D eigenvalue weighted by Gasteiger charge is 2.45. The molecule has 4 atom stereocenters. The van der Waals surface area contributed by atoms with Crippen LogP contribution in [0, 0.1) is 5.92 Å². The van der Waals surface area contributed by atoms with Crippen molar-refractivity contribution in [2.24, 2.45) is 5.92 Å².